The van der Waals surface area contributed by atoms with Crippen molar-refractivity contribution in [2.24, 2.45) is 0 Å². The highest BCUT2D eigenvalue weighted by molar-refractivity contribution is 5.79. The van der Waals surface area contributed by atoms with Crippen molar-refractivity contribution < 1.29 is 13.6 Å². The van der Waals surface area contributed by atoms with Crippen LogP contribution >= 0.6 is 0 Å². The molecule has 0 radical (unpaired) electrons. The molecule has 0 N–H and O–H groups in total. The smallest absolute Gasteiger partial charge is 0.227 e. The predicted octanol–water partition coefficient (Wildman–Crippen LogP) is 4.98. The molecule has 0 saturated carbocycles. The number of hydrogen-bond acceptors (Lipinski definition) is 2. The number of benzene rings is 2. The first-order chi connectivity index (χ1) is 14.1. The van der Waals surface area contributed by atoms with Gasteiger partial charge >= 0.3 is 0 Å². The summed E-state index contributed by atoms with van der Waals surface area (Å²) in [6.07, 6.45) is 2.09. The first-order valence-electron chi connectivity index (χ1n) is 9.84. The highest BCUT2D eigenvalue weighted by Crippen LogP contribution is 2.28. The largest absolute Gasteiger partial charge is 0.342 e. The van der Waals surface area contributed by atoms with Crippen LogP contribution in [0.15, 0.2) is 66.7 Å². The fourth-order valence-corrected chi connectivity index (χ4v) is 3.83. The van der Waals surface area contributed by atoms with E-state index >= 15 is 0 Å². The van der Waals surface area contributed by atoms with Crippen molar-refractivity contribution >= 4 is 5.91 Å². The summed E-state index contributed by atoms with van der Waals surface area (Å²) in [5.74, 6) is -0.448. The van der Waals surface area contributed by atoms with Gasteiger partial charge in [-0.2, -0.15) is 0 Å². The van der Waals surface area contributed by atoms with Crippen molar-refractivity contribution in [2.75, 3.05) is 13.1 Å². The van der Waals surface area contributed by atoms with Gasteiger partial charge in [-0.1, -0.05) is 30.3 Å². The van der Waals surface area contributed by atoms with E-state index in [1.54, 1.807) is 30.3 Å². The molecule has 5 heteroatoms. The minimum atomic E-state index is -0.306. The molecule has 3 aromatic rings. The highest BCUT2D eigenvalue weighted by Gasteiger charge is 2.26. The van der Waals surface area contributed by atoms with Crippen LogP contribution in [0.1, 0.15) is 30.0 Å². The number of aromatic nitrogens is 1. The van der Waals surface area contributed by atoms with Gasteiger partial charge in [0.05, 0.1) is 12.1 Å². The van der Waals surface area contributed by atoms with Gasteiger partial charge in [0.1, 0.15) is 11.6 Å². The number of halogens is 2. The maximum Gasteiger partial charge on any atom is 0.227 e. The summed E-state index contributed by atoms with van der Waals surface area (Å²) < 4.78 is 27.2. The van der Waals surface area contributed by atoms with Gasteiger partial charge in [0.15, 0.2) is 0 Å². The molecule has 2 heterocycles. The van der Waals surface area contributed by atoms with Crippen LogP contribution < -0.4 is 0 Å². The maximum absolute atomic E-state index is 14.1. The molecule has 1 atom stereocenters. The van der Waals surface area contributed by atoms with Gasteiger partial charge in [0, 0.05) is 30.3 Å². The lowest BCUT2D eigenvalue weighted by atomic mass is 9.93. The normalized spacial score (nSPS) is 16.6. The van der Waals surface area contributed by atoms with Crippen molar-refractivity contribution in [3.05, 3.63) is 89.6 Å². The number of nitrogens with zero attached hydrogens (tertiary/aromatic N) is 2. The SMILES string of the molecule is O=C(Cc1ccc(F)cc1)N1CCC[C@@H](c2cccc(-c3ccccc3F)n2)C1. The van der Waals surface area contributed by atoms with E-state index in [0.29, 0.717) is 24.3 Å². The lowest BCUT2D eigenvalue weighted by Gasteiger charge is -2.32. The van der Waals surface area contributed by atoms with Crippen LogP contribution in [-0.2, 0) is 11.2 Å². The summed E-state index contributed by atoms with van der Waals surface area (Å²) in [6, 6.07) is 18.3. The van der Waals surface area contributed by atoms with Crippen molar-refractivity contribution in [3.8, 4) is 11.3 Å². The summed E-state index contributed by atoms with van der Waals surface area (Å²) in [6.45, 7) is 1.30. The summed E-state index contributed by atoms with van der Waals surface area (Å²) in [4.78, 5) is 19.3. The highest BCUT2D eigenvalue weighted by atomic mass is 19.1. The Morgan fingerprint density at radius 3 is 2.59 bits per heavy atom. The molecule has 1 fully saturated rings. The molecule has 0 bridgehead atoms. The Labute approximate surface area is 169 Å². The molecule has 3 nitrogen and oxygen atoms in total. The fourth-order valence-electron chi connectivity index (χ4n) is 3.83. The Morgan fingerprint density at radius 1 is 1.00 bits per heavy atom. The van der Waals surface area contributed by atoms with E-state index in [2.05, 4.69) is 0 Å². The molecule has 29 heavy (non-hydrogen) atoms. The molecule has 2 aromatic carbocycles. The van der Waals surface area contributed by atoms with Crippen LogP contribution in [0.25, 0.3) is 11.3 Å². The molecule has 1 saturated heterocycles. The Bertz CT molecular complexity index is 1000. The molecular weight excluding hydrogens is 370 g/mol. The summed E-state index contributed by atoms with van der Waals surface area (Å²) >= 11 is 0. The van der Waals surface area contributed by atoms with Gasteiger partial charge < -0.3 is 4.90 Å². The predicted molar refractivity (Wildman–Crippen MR) is 108 cm³/mol. The first kappa shape index (κ1) is 19.2. The molecule has 1 aliphatic rings. The van der Waals surface area contributed by atoms with E-state index in [0.717, 1.165) is 24.1 Å². The number of amides is 1. The quantitative estimate of drug-likeness (QED) is 0.628. The zero-order valence-corrected chi connectivity index (χ0v) is 16.0. The minimum Gasteiger partial charge on any atom is -0.342 e. The molecule has 4 rings (SSSR count). The lowest BCUT2D eigenvalue weighted by Crippen LogP contribution is -2.40. The number of pyridine rings is 1. The van der Waals surface area contributed by atoms with Gasteiger partial charge in [-0.3, -0.25) is 9.78 Å². The summed E-state index contributed by atoms with van der Waals surface area (Å²) in [7, 11) is 0. The Balaban J connectivity index is 1.48. The molecule has 0 spiro atoms. The van der Waals surface area contributed by atoms with Crippen LogP contribution in [0.5, 0.6) is 0 Å². The molecule has 1 aliphatic heterocycles. The summed E-state index contributed by atoms with van der Waals surface area (Å²) in [5.41, 5.74) is 2.77. The number of carbonyl (C=O) groups excluding carboxylic acids is 1. The standard InChI is InChI=1S/C24H22F2N2O/c25-19-12-10-17(11-13-19)15-24(29)28-14-4-5-18(16-28)22-8-3-9-23(27-22)20-6-1-2-7-21(20)26/h1-3,6-13,18H,4-5,14-16H2/t18-/m1/s1. The molecule has 0 unspecified atom stereocenters. The van der Waals surface area contributed by atoms with E-state index < -0.39 is 0 Å². The first-order valence-corrected chi connectivity index (χ1v) is 9.84. The zero-order valence-electron chi connectivity index (χ0n) is 16.0. The van der Waals surface area contributed by atoms with E-state index in [9.17, 15) is 13.6 Å². The van der Waals surface area contributed by atoms with Crippen molar-refractivity contribution in [2.45, 2.75) is 25.2 Å². The Kier molecular flexibility index (Phi) is 5.65. The van der Waals surface area contributed by atoms with Gasteiger partial charge in [0.25, 0.3) is 0 Å². The number of piperidine rings is 1. The van der Waals surface area contributed by atoms with Gasteiger partial charge in [-0.15, -0.1) is 0 Å². The number of likely N-dealkylation sites (tertiary alicyclic amines) is 1. The van der Waals surface area contributed by atoms with Crippen molar-refractivity contribution in [1.82, 2.24) is 9.88 Å². The molecule has 0 aliphatic carbocycles. The average Bonchev–Trinajstić information content (AvgIpc) is 2.76. The Hall–Kier alpha value is -3.08. The van der Waals surface area contributed by atoms with E-state index in [1.807, 2.05) is 23.1 Å². The van der Waals surface area contributed by atoms with Gasteiger partial charge in [-0.05, 0) is 54.8 Å². The second-order valence-electron chi connectivity index (χ2n) is 7.41. The van der Waals surface area contributed by atoms with Crippen molar-refractivity contribution in [1.29, 1.82) is 0 Å². The second-order valence-corrected chi connectivity index (χ2v) is 7.41. The average molecular weight is 392 g/mol. The number of carbonyl (C=O) groups is 1. The van der Waals surface area contributed by atoms with Crippen LogP contribution in [0.2, 0.25) is 0 Å². The third kappa shape index (κ3) is 4.50. The molecule has 148 valence electrons. The summed E-state index contributed by atoms with van der Waals surface area (Å²) in [5, 5.41) is 0. The molecular formula is C24H22F2N2O. The maximum atomic E-state index is 14.1. The zero-order chi connectivity index (χ0) is 20.2. The van der Waals surface area contributed by atoms with E-state index in [-0.39, 0.29) is 29.9 Å². The molecule has 1 aromatic heterocycles. The van der Waals surface area contributed by atoms with Crippen LogP contribution in [0, 0.1) is 11.6 Å². The van der Waals surface area contributed by atoms with E-state index in [4.69, 9.17) is 4.98 Å². The monoisotopic (exact) mass is 392 g/mol. The third-order valence-electron chi connectivity index (χ3n) is 5.38. The van der Waals surface area contributed by atoms with Gasteiger partial charge in [-0.25, -0.2) is 8.78 Å². The number of hydrogen-bond donors (Lipinski definition) is 0. The van der Waals surface area contributed by atoms with Crippen LogP contribution in [0.4, 0.5) is 8.78 Å². The second kappa shape index (κ2) is 8.52. The minimum absolute atomic E-state index is 0.0339. The molecule has 1 amide bonds. The topological polar surface area (TPSA) is 33.2 Å². The lowest BCUT2D eigenvalue weighted by molar-refractivity contribution is -0.131. The van der Waals surface area contributed by atoms with Crippen molar-refractivity contribution in [3.63, 3.8) is 0 Å². The van der Waals surface area contributed by atoms with Crippen LogP contribution in [0.3, 0.4) is 0 Å². The number of rotatable bonds is 4. The van der Waals surface area contributed by atoms with Crippen LogP contribution in [-0.4, -0.2) is 28.9 Å². The fraction of sp³-hybridized carbons (Fsp3) is 0.250. The Morgan fingerprint density at radius 2 is 1.79 bits per heavy atom. The van der Waals surface area contributed by atoms with Gasteiger partial charge in [0.2, 0.25) is 5.91 Å². The third-order valence-corrected chi connectivity index (χ3v) is 5.38. The van der Waals surface area contributed by atoms with E-state index in [1.165, 1.54) is 18.2 Å².